The molecule has 3 aliphatic rings. The summed E-state index contributed by atoms with van der Waals surface area (Å²) in [6.45, 7) is 1.88. The van der Waals surface area contributed by atoms with Crippen molar-refractivity contribution in [3.8, 4) is 17.0 Å². The number of alkyl halides is 2. The molecule has 0 radical (unpaired) electrons. The largest absolute Gasteiger partial charge is 0.502 e. The van der Waals surface area contributed by atoms with Crippen LogP contribution in [0.5, 0.6) is 5.75 Å². The fraction of sp³-hybridized carbons (Fsp3) is 0.429. The lowest BCUT2D eigenvalue weighted by atomic mass is 9.88. The molecule has 0 aliphatic carbocycles. The summed E-state index contributed by atoms with van der Waals surface area (Å²) in [6.07, 6.45) is -2.75. The first kappa shape index (κ1) is 21.9. The number of aryl methyl sites for hydroxylation is 1. The van der Waals surface area contributed by atoms with Gasteiger partial charge in [0.25, 0.3) is 6.01 Å². The van der Waals surface area contributed by atoms with Crippen molar-refractivity contribution in [1.82, 2.24) is 19.7 Å². The summed E-state index contributed by atoms with van der Waals surface area (Å²) >= 11 is 0. The molecule has 6 rings (SSSR count). The van der Waals surface area contributed by atoms with E-state index in [0.29, 0.717) is 24.3 Å². The van der Waals surface area contributed by atoms with Crippen LogP contribution in [-0.4, -0.2) is 74.7 Å². The van der Waals surface area contributed by atoms with E-state index in [1.165, 1.54) is 24.0 Å². The van der Waals surface area contributed by atoms with Gasteiger partial charge in [0, 0.05) is 31.9 Å². The number of ether oxygens (including phenoxy) is 2. The lowest BCUT2D eigenvalue weighted by Crippen LogP contribution is -2.70. The Balaban J connectivity index is 1.53. The summed E-state index contributed by atoms with van der Waals surface area (Å²) in [6, 6.07) is 4.23. The molecule has 5 heterocycles. The molecule has 11 nitrogen and oxygen atoms in total. The average molecular weight is 477 g/mol. The van der Waals surface area contributed by atoms with E-state index in [9.17, 15) is 23.5 Å². The monoisotopic (exact) mass is 477 g/mol. The fourth-order valence-electron chi connectivity index (χ4n) is 4.42. The molecule has 3 aliphatic heterocycles. The van der Waals surface area contributed by atoms with Gasteiger partial charge >= 0.3 is 18.2 Å². The van der Waals surface area contributed by atoms with E-state index >= 15 is 0 Å². The highest BCUT2D eigenvalue weighted by Gasteiger charge is 2.49. The molecule has 2 unspecified atom stereocenters. The Morgan fingerprint density at radius 2 is 2.00 bits per heavy atom. The highest BCUT2D eigenvalue weighted by atomic mass is 19.3. The number of carbonyl (C=O) groups excluding carboxylic acids is 1. The van der Waals surface area contributed by atoms with Crippen molar-refractivity contribution < 1.29 is 37.4 Å². The first-order chi connectivity index (χ1) is 16.2. The van der Waals surface area contributed by atoms with Gasteiger partial charge in [-0.05, 0) is 31.5 Å². The van der Waals surface area contributed by atoms with Gasteiger partial charge in [0.05, 0.1) is 24.4 Å². The smallest absolute Gasteiger partial charge is 0.465 e. The topological polar surface area (TPSA) is 123 Å². The molecule has 3 saturated heterocycles. The maximum absolute atomic E-state index is 14.3. The molecule has 2 aromatic heterocycles. The Morgan fingerprint density at radius 3 is 2.62 bits per heavy atom. The van der Waals surface area contributed by atoms with E-state index in [0.717, 1.165) is 6.42 Å². The Hall–Kier alpha value is -3.90. The molecule has 1 N–H and O–H groups in total. The number of rotatable bonds is 6. The second-order valence-corrected chi connectivity index (χ2v) is 8.14. The van der Waals surface area contributed by atoms with Gasteiger partial charge in [-0.25, -0.2) is 9.59 Å². The summed E-state index contributed by atoms with van der Waals surface area (Å²) in [5.41, 5.74) is 1.16. The third-order valence-corrected chi connectivity index (χ3v) is 5.92. The zero-order valence-electron chi connectivity index (χ0n) is 18.3. The minimum atomic E-state index is -4.23. The van der Waals surface area contributed by atoms with Gasteiger partial charge in [0.2, 0.25) is 0 Å². The number of piperidine rings is 1. The van der Waals surface area contributed by atoms with Crippen molar-refractivity contribution in [3.05, 3.63) is 24.4 Å². The van der Waals surface area contributed by atoms with E-state index in [4.69, 9.17) is 9.15 Å². The lowest BCUT2D eigenvalue weighted by Gasteiger charge is -2.54. The van der Waals surface area contributed by atoms with Crippen molar-refractivity contribution in [2.45, 2.75) is 31.5 Å². The van der Waals surface area contributed by atoms with Gasteiger partial charge in [-0.3, -0.25) is 9.58 Å². The van der Waals surface area contributed by atoms with Crippen LogP contribution in [0.3, 0.4) is 0 Å². The number of carboxylic acid groups (broad SMARTS) is 1. The maximum atomic E-state index is 14.3. The molecule has 2 bridgehead atoms. The molecule has 1 amide bonds. The molecular formula is C21H21F2N5O6. The van der Waals surface area contributed by atoms with Crippen LogP contribution in [-0.2, 0) is 16.6 Å². The highest BCUT2D eigenvalue weighted by molar-refractivity contribution is 5.94. The van der Waals surface area contributed by atoms with Crippen molar-refractivity contribution in [2.24, 2.45) is 7.05 Å². The average Bonchev–Trinajstić information content (AvgIpc) is 3.41. The van der Waals surface area contributed by atoms with E-state index < -0.39 is 18.2 Å². The summed E-state index contributed by atoms with van der Waals surface area (Å²) in [4.78, 5) is 30.6. The number of benzene rings is 1. The zero-order chi connectivity index (χ0) is 24.2. The number of carbonyl (C=O) groups is 2. The first-order valence-corrected chi connectivity index (χ1v) is 10.6. The molecule has 3 aromatic rings. The third kappa shape index (κ3) is 3.56. The number of piperazine rings is 1. The van der Waals surface area contributed by atoms with Crippen LogP contribution in [0.15, 0.2) is 28.8 Å². The minimum absolute atomic E-state index is 0.0172. The number of anilines is 1. The maximum Gasteiger partial charge on any atom is 0.502 e. The van der Waals surface area contributed by atoms with Gasteiger partial charge in [0.1, 0.15) is 0 Å². The third-order valence-electron chi connectivity index (χ3n) is 5.92. The quantitative estimate of drug-likeness (QED) is 0.534. The van der Waals surface area contributed by atoms with Gasteiger partial charge in [-0.1, -0.05) is 0 Å². The van der Waals surface area contributed by atoms with E-state index in [1.54, 1.807) is 28.9 Å². The molecule has 180 valence electrons. The summed E-state index contributed by atoms with van der Waals surface area (Å²) < 4.78 is 45.4. The number of hydrogen-bond acceptors (Lipinski definition) is 8. The van der Waals surface area contributed by atoms with Crippen molar-refractivity contribution in [1.29, 1.82) is 0 Å². The highest BCUT2D eigenvalue weighted by Crippen LogP contribution is 2.40. The Kier molecular flexibility index (Phi) is 5.06. The van der Waals surface area contributed by atoms with Crippen LogP contribution in [0.25, 0.3) is 22.4 Å². The molecule has 0 saturated carbocycles. The van der Waals surface area contributed by atoms with Gasteiger partial charge in [-0.2, -0.15) is 18.9 Å². The first-order valence-electron chi connectivity index (χ1n) is 10.6. The van der Waals surface area contributed by atoms with Crippen LogP contribution < -0.4 is 9.64 Å². The number of amides is 1. The minimum Gasteiger partial charge on any atom is -0.465 e. The fourth-order valence-corrected chi connectivity index (χ4v) is 4.42. The second-order valence-electron chi connectivity index (χ2n) is 8.14. The summed E-state index contributed by atoms with van der Waals surface area (Å²) in [5, 5.41) is 13.7. The molecule has 3 fully saturated rings. The molecule has 1 aromatic carbocycles. The molecular weight excluding hydrogens is 456 g/mol. The number of esters is 1. The van der Waals surface area contributed by atoms with Crippen LogP contribution in [0, 0.1) is 0 Å². The van der Waals surface area contributed by atoms with Crippen LogP contribution in [0.1, 0.15) is 13.3 Å². The molecule has 13 heteroatoms. The normalized spacial score (nSPS) is 19.8. The standard InChI is InChI=1S/C21H21F2N5O6/c1-3-32-18(29)21(22,23)34-15-5-4-13(14-6-7-26(2)25-14)17-16(15)24-19(33-17)27-9-11-8-12(10-27)28(11)20(30)31/h4-7,11-12H,3,8-10H2,1-2H3,(H,30,31). The lowest BCUT2D eigenvalue weighted by molar-refractivity contribution is -0.216. The summed E-state index contributed by atoms with van der Waals surface area (Å²) in [5.74, 6) is -2.18. The Labute approximate surface area is 191 Å². The van der Waals surface area contributed by atoms with E-state index in [-0.39, 0.29) is 41.6 Å². The predicted octanol–water partition coefficient (Wildman–Crippen LogP) is 2.70. The number of nitrogens with zero attached hydrogens (tertiary/aromatic N) is 5. The van der Waals surface area contributed by atoms with Gasteiger partial charge in [-0.15, -0.1) is 0 Å². The Bertz CT molecular complexity index is 1260. The number of aromatic nitrogens is 3. The van der Waals surface area contributed by atoms with E-state index in [1.807, 2.05) is 0 Å². The number of fused-ring (bicyclic) bond motifs is 3. The summed E-state index contributed by atoms with van der Waals surface area (Å²) in [7, 11) is 1.73. The van der Waals surface area contributed by atoms with Crippen molar-refractivity contribution >= 4 is 29.2 Å². The number of hydrogen-bond donors (Lipinski definition) is 1. The van der Waals surface area contributed by atoms with Gasteiger partial charge in [0.15, 0.2) is 16.8 Å². The number of halogens is 2. The van der Waals surface area contributed by atoms with Crippen molar-refractivity contribution in [2.75, 3.05) is 24.6 Å². The van der Waals surface area contributed by atoms with Crippen molar-refractivity contribution in [3.63, 3.8) is 0 Å². The number of oxazole rings is 1. The van der Waals surface area contributed by atoms with Gasteiger partial charge < -0.3 is 23.9 Å². The molecule has 2 atom stereocenters. The Morgan fingerprint density at radius 1 is 1.26 bits per heavy atom. The molecule has 34 heavy (non-hydrogen) atoms. The predicted molar refractivity (Wildman–Crippen MR) is 113 cm³/mol. The zero-order valence-corrected chi connectivity index (χ0v) is 18.3. The second kappa shape index (κ2) is 7.85. The van der Waals surface area contributed by atoms with Crippen LogP contribution in [0.4, 0.5) is 19.6 Å². The van der Waals surface area contributed by atoms with Crippen LogP contribution >= 0.6 is 0 Å². The van der Waals surface area contributed by atoms with E-state index in [2.05, 4.69) is 14.8 Å². The molecule has 0 spiro atoms. The SMILES string of the molecule is CCOC(=O)C(F)(F)Oc1ccc(-c2ccn(C)n2)c2oc(N3CC4CC(C3)N4C(=O)O)nc12. The van der Waals surface area contributed by atoms with Crippen LogP contribution in [0.2, 0.25) is 0 Å².